The monoisotopic (exact) mass is 445 g/mol. The van der Waals surface area contributed by atoms with Crippen molar-refractivity contribution >= 4 is 45.3 Å². The van der Waals surface area contributed by atoms with Crippen LogP contribution in [0.3, 0.4) is 0 Å². The molecule has 5 rings (SSSR count). The van der Waals surface area contributed by atoms with Gasteiger partial charge < -0.3 is 14.2 Å². The molecule has 1 fully saturated rings. The Bertz CT molecular complexity index is 1440. The van der Waals surface area contributed by atoms with E-state index >= 15 is 0 Å². The Morgan fingerprint density at radius 1 is 1.06 bits per heavy atom. The third-order valence-electron chi connectivity index (χ3n) is 5.63. The van der Waals surface area contributed by atoms with Crippen molar-refractivity contribution in [3.05, 3.63) is 58.8 Å². The molecular weight excluding hydrogens is 426 g/mol. The number of hydrogen-bond acceptors (Lipinski definition) is 8. The van der Waals surface area contributed by atoms with Crippen LogP contribution in [-0.4, -0.2) is 41.4 Å². The molecule has 0 spiro atoms. The highest BCUT2D eigenvalue weighted by atomic mass is 16.7. The molecule has 0 N–H and O–H groups in total. The number of amides is 2. The average Bonchev–Trinajstić information content (AvgIpc) is 3.13. The molecule has 2 amide bonds. The van der Waals surface area contributed by atoms with E-state index in [9.17, 15) is 19.2 Å². The van der Waals surface area contributed by atoms with E-state index in [1.54, 1.807) is 19.2 Å². The van der Waals surface area contributed by atoms with Crippen LogP contribution >= 0.6 is 0 Å². The number of imide groups is 1. The Morgan fingerprint density at radius 2 is 1.79 bits per heavy atom. The van der Waals surface area contributed by atoms with E-state index in [0.717, 1.165) is 11.1 Å². The molecule has 2 aromatic rings. The summed E-state index contributed by atoms with van der Waals surface area (Å²) in [7, 11) is 1.79. The van der Waals surface area contributed by atoms with Crippen molar-refractivity contribution in [2.75, 3.05) is 18.5 Å². The molecule has 2 heterocycles. The Labute approximate surface area is 187 Å². The van der Waals surface area contributed by atoms with Crippen LogP contribution in [0, 0.1) is 0 Å². The van der Waals surface area contributed by atoms with Gasteiger partial charge in [0.1, 0.15) is 11.2 Å². The maximum atomic E-state index is 12.4. The molecule has 2 aromatic carbocycles. The highest BCUT2D eigenvalue weighted by Gasteiger charge is 2.32. The molecule has 1 aliphatic carbocycles. The third kappa shape index (κ3) is 3.78. The summed E-state index contributed by atoms with van der Waals surface area (Å²) in [5.41, 5.74) is 2.38. The van der Waals surface area contributed by atoms with Gasteiger partial charge in [0.2, 0.25) is 0 Å². The van der Waals surface area contributed by atoms with Gasteiger partial charge in [-0.3, -0.25) is 14.4 Å². The second kappa shape index (κ2) is 8.01. The van der Waals surface area contributed by atoms with Gasteiger partial charge in [-0.15, -0.1) is 5.06 Å². The maximum Gasteiger partial charge on any atom is 0.334 e. The van der Waals surface area contributed by atoms with Gasteiger partial charge in [-0.1, -0.05) is 24.3 Å². The van der Waals surface area contributed by atoms with Crippen LogP contribution < -0.4 is 10.3 Å². The summed E-state index contributed by atoms with van der Waals surface area (Å²) in [6, 6.07) is 14.2. The SMILES string of the molecule is CN(CCC(=O)ON1C(=O)CCC1=O)c1ccc2nc3c4ccccc4c(=O)cc-3oc2c1. The van der Waals surface area contributed by atoms with Crippen LogP contribution in [0.1, 0.15) is 19.3 Å². The van der Waals surface area contributed by atoms with Crippen molar-refractivity contribution in [2.45, 2.75) is 19.3 Å². The maximum absolute atomic E-state index is 12.4. The standard InChI is InChI=1S/C24H19N3O6/c1-26(11-10-23(31)33-27-21(29)8-9-22(27)30)14-6-7-17-19(12-14)32-20-13-18(28)15-4-2-3-5-16(15)24(20)25-17/h2-7,12-13H,8-11H2,1H3. The van der Waals surface area contributed by atoms with E-state index < -0.39 is 17.8 Å². The summed E-state index contributed by atoms with van der Waals surface area (Å²) < 4.78 is 6.00. The van der Waals surface area contributed by atoms with E-state index in [-0.39, 0.29) is 31.2 Å². The topological polar surface area (TPSA) is 110 Å². The fourth-order valence-corrected chi connectivity index (χ4v) is 3.84. The fraction of sp³-hybridized carbons (Fsp3) is 0.208. The average molecular weight is 445 g/mol. The molecule has 0 radical (unpaired) electrons. The number of fused-ring (bicyclic) bond motifs is 4. The molecule has 1 saturated heterocycles. The first-order chi connectivity index (χ1) is 15.9. The predicted octanol–water partition coefficient (Wildman–Crippen LogP) is 2.88. The summed E-state index contributed by atoms with van der Waals surface area (Å²) in [5.74, 6) is -1.29. The molecule has 0 aromatic heterocycles. The van der Waals surface area contributed by atoms with Crippen molar-refractivity contribution in [1.82, 2.24) is 10.0 Å². The summed E-state index contributed by atoms with van der Waals surface area (Å²) in [6.45, 7) is 0.289. The minimum atomic E-state index is -0.668. The Balaban J connectivity index is 1.37. The Hall–Kier alpha value is -4.27. The normalized spacial score (nSPS) is 13.9. The quantitative estimate of drug-likeness (QED) is 0.262. The van der Waals surface area contributed by atoms with Crippen LogP contribution in [0.5, 0.6) is 0 Å². The number of anilines is 1. The lowest BCUT2D eigenvalue weighted by atomic mass is 10.0. The molecule has 2 aliphatic heterocycles. The van der Waals surface area contributed by atoms with Crippen LogP contribution in [0.4, 0.5) is 5.69 Å². The second-order valence-corrected chi connectivity index (χ2v) is 7.85. The van der Waals surface area contributed by atoms with Crippen LogP contribution in [0.25, 0.3) is 33.3 Å². The lowest BCUT2D eigenvalue weighted by Crippen LogP contribution is -2.33. The highest BCUT2D eigenvalue weighted by molar-refractivity contribution is 6.01. The number of carbonyl (C=O) groups excluding carboxylic acids is 3. The van der Waals surface area contributed by atoms with Gasteiger partial charge in [-0.25, -0.2) is 9.78 Å². The zero-order chi connectivity index (χ0) is 23.1. The molecule has 0 atom stereocenters. The van der Waals surface area contributed by atoms with Crippen molar-refractivity contribution in [2.24, 2.45) is 0 Å². The smallest absolute Gasteiger partial charge is 0.334 e. The van der Waals surface area contributed by atoms with E-state index in [1.165, 1.54) is 6.07 Å². The zero-order valence-electron chi connectivity index (χ0n) is 17.7. The molecular formula is C24H19N3O6. The number of hydroxylamine groups is 2. The van der Waals surface area contributed by atoms with Gasteiger partial charge in [-0.2, -0.15) is 0 Å². The number of benzene rings is 3. The van der Waals surface area contributed by atoms with Crippen molar-refractivity contribution in [1.29, 1.82) is 0 Å². The number of rotatable bonds is 5. The minimum Gasteiger partial charge on any atom is -0.453 e. The van der Waals surface area contributed by atoms with Gasteiger partial charge in [-0.05, 0) is 12.1 Å². The molecule has 33 heavy (non-hydrogen) atoms. The second-order valence-electron chi connectivity index (χ2n) is 7.85. The fourth-order valence-electron chi connectivity index (χ4n) is 3.84. The summed E-state index contributed by atoms with van der Waals surface area (Å²) >= 11 is 0. The lowest BCUT2D eigenvalue weighted by Gasteiger charge is -2.20. The first-order valence-electron chi connectivity index (χ1n) is 10.4. The summed E-state index contributed by atoms with van der Waals surface area (Å²) in [5, 5.41) is 1.87. The largest absolute Gasteiger partial charge is 0.453 e. The van der Waals surface area contributed by atoms with Crippen LogP contribution in [0.2, 0.25) is 0 Å². The number of nitrogens with zero attached hydrogens (tertiary/aromatic N) is 3. The van der Waals surface area contributed by atoms with E-state index in [0.29, 0.717) is 33.0 Å². The highest BCUT2D eigenvalue weighted by Crippen LogP contribution is 2.31. The molecule has 0 unspecified atom stereocenters. The van der Waals surface area contributed by atoms with Gasteiger partial charge in [0, 0.05) is 55.0 Å². The lowest BCUT2D eigenvalue weighted by molar-refractivity contribution is -0.197. The van der Waals surface area contributed by atoms with Gasteiger partial charge in [0.25, 0.3) is 11.8 Å². The zero-order valence-corrected chi connectivity index (χ0v) is 17.7. The Kier molecular flexibility index (Phi) is 5.01. The number of hydrogen-bond donors (Lipinski definition) is 0. The third-order valence-corrected chi connectivity index (χ3v) is 5.63. The summed E-state index contributed by atoms with van der Waals surface area (Å²) in [4.78, 5) is 59.1. The first-order valence-corrected chi connectivity index (χ1v) is 10.4. The Morgan fingerprint density at radius 3 is 2.55 bits per heavy atom. The van der Waals surface area contributed by atoms with Crippen molar-refractivity contribution in [3.8, 4) is 11.5 Å². The van der Waals surface area contributed by atoms with Gasteiger partial charge >= 0.3 is 5.97 Å². The summed E-state index contributed by atoms with van der Waals surface area (Å²) in [6.07, 6.45) is 0.0855. The van der Waals surface area contributed by atoms with Crippen LogP contribution in [-0.2, 0) is 19.2 Å². The van der Waals surface area contributed by atoms with Gasteiger partial charge in [0.15, 0.2) is 16.8 Å². The molecule has 9 heteroatoms. The molecule has 9 nitrogen and oxygen atoms in total. The van der Waals surface area contributed by atoms with E-state index in [4.69, 9.17) is 14.2 Å². The predicted molar refractivity (Wildman–Crippen MR) is 119 cm³/mol. The first kappa shape index (κ1) is 20.6. The van der Waals surface area contributed by atoms with Gasteiger partial charge in [0.05, 0.1) is 6.42 Å². The number of aromatic nitrogens is 1. The molecule has 166 valence electrons. The van der Waals surface area contributed by atoms with Crippen molar-refractivity contribution in [3.63, 3.8) is 0 Å². The minimum absolute atomic E-state index is 0.0236. The molecule has 3 aliphatic rings. The van der Waals surface area contributed by atoms with E-state index in [2.05, 4.69) is 0 Å². The van der Waals surface area contributed by atoms with Crippen molar-refractivity contribution < 1.29 is 23.6 Å². The molecule has 0 saturated carbocycles. The van der Waals surface area contributed by atoms with E-state index in [1.807, 2.05) is 35.2 Å². The molecule has 0 bridgehead atoms. The van der Waals surface area contributed by atoms with Crippen LogP contribution in [0.15, 0.2) is 57.7 Å². The number of carbonyl (C=O) groups is 3.